The molecule has 0 aliphatic rings. The molecule has 2 aromatic heterocycles. The number of rotatable bonds is 3. The standard InChI is InChI=1S/C16H15N3O2/c1-10(15-7-4-8-21-15)18-16(20)14-9-12(17)11-5-2-3-6-13(11)19-14/h2-10H,1H3,(H2,17,19)(H,18,20)/t10-/m0/s1. The fraction of sp³-hybridized carbons (Fsp3) is 0.125. The number of nitrogens with zero attached hydrogens (tertiary/aromatic N) is 1. The zero-order valence-electron chi connectivity index (χ0n) is 11.5. The maximum absolute atomic E-state index is 12.3. The summed E-state index contributed by atoms with van der Waals surface area (Å²) in [6.45, 7) is 1.85. The Labute approximate surface area is 121 Å². The number of pyridine rings is 1. The number of aromatic nitrogens is 1. The van der Waals surface area contributed by atoms with Gasteiger partial charge >= 0.3 is 0 Å². The molecule has 3 rings (SSSR count). The summed E-state index contributed by atoms with van der Waals surface area (Å²) in [7, 11) is 0. The zero-order chi connectivity index (χ0) is 14.8. The third-order valence-corrected chi connectivity index (χ3v) is 3.30. The summed E-state index contributed by atoms with van der Waals surface area (Å²) in [6, 6.07) is 12.4. The molecule has 2 heterocycles. The van der Waals surface area contributed by atoms with Crippen molar-refractivity contribution in [2.75, 3.05) is 5.73 Å². The highest BCUT2D eigenvalue weighted by Gasteiger charge is 2.15. The summed E-state index contributed by atoms with van der Waals surface area (Å²) in [5, 5.41) is 3.68. The molecule has 0 radical (unpaired) electrons. The smallest absolute Gasteiger partial charge is 0.270 e. The number of hydrogen-bond donors (Lipinski definition) is 2. The van der Waals surface area contributed by atoms with Crippen molar-refractivity contribution in [1.82, 2.24) is 10.3 Å². The van der Waals surface area contributed by atoms with Crippen molar-refractivity contribution in [3.63, 3.8) is 0 Å². The van der Waals surface area contributed by atoms with Crippen molar-refractivity contribution >= 4 is 22.5 Å². The molecule has 3 N–H and O–H groups in total. The van der Waals surface area contributed by atoms with E-state index in [4.69, 9.17) is 10.2 Å². The highest BCUT2D eigenvalue weighted by Crippen LogP contribution is 2.20. The van der Waals surface area contributed by atoms with Crippen LogP contribution in [0.5, 0.6) is 0 Å². The van der Waals surface area contributed by atoms with E-state index in [2.05, 4.69) is 10.3 Å². The first-order chi connectivity index (χ1) is 10.1. The molecule has 0 aliphatic carbocycles. The molecule has 0 bridgehead atoms. The molecule has 0 saturated heterocycles. The Morgan fingerprint density at radius 3 is 2.86 bits per heavy atom. The third kappa shape index (κ3) is 2.58. The molecule has 1 aromatic carbocycles. The molecule has 0 aliphatic heterocycles. The predicted octanol–water partition coefficient (Wildman–Crippen LogP) is 2.90. The minimum absolute atomic E-state index is 0.234. The lowest BCUT2D eigenvalue weighted by molar-refractivity contribution is 0.0930. The summed E-state index contributed by atoms with van der Waals surface area (Å²) in [5.74, 6) is 0.411. The highest BCUT2D eigenvalue weighted by molar-refractivity contribution is 5.99. The lowest BCUT2D eigenvalue weighted by Gasteiger charge is -2.12. The van der Waals surface area contributed by atoms with Gasteiger partial charge in [-0.25, -0.2) is 4.98 Å². The zero-order valence-corrected chi connectivity index (χ0v) is 11.5. The van der Waals surface area contributed by atoms with E-state index in [1.165, 1.54) is 0 Å². The normalized spacial score (nSPS) is 12.2. The second kappa shape index (κ2) is 5.28. The molecule has 3 aromatic rings. The number of amides is 1. The van der Waals surface area contributed by atoms with E-state index in [0.717, 1.165) is 5.39 Å². The Balaban J connectivity index is 1.88. The Kier molecular flexibility index (Phi) is 3.31. The first kappa shape index (κ1) is 13.2. The molecule has 21 heavy (non-hydrogen) atoms. The Morgan fingerprint density at radius 2 is 2.10 bits per heavy atom. The molecule has 106 valence electrons. The van der Waals surface area contributed by atoms with Crippen LogP contribution in [0, 0.1) is 0 Å². The predicted molar refractivity (Wildman–Crippen MR) is 80.7 cm³/mol. The van der Waals surface area contributed by atoms with Crippen molar-refractivity contribution in [2.24, 2.45) is 0 Å². The number of hydrogen-bond acceptors (Lipinski definition) is 4. The molecule has 1 amide bonds. The van der Waals surface area contributed by atoms with Crippen LogP contribution in [-0.4, -0.2) is 10.9 Å². The van der Waals surface area contributed by atoms with Crippen LogP contribution in [0.4, 0.5) is 5.69 Å². The van der Waals surface area contributed by atoms with Gasteiger partial charge in [-0.2, -0.15) is 0 Å². The van der Waals surface area contributed by atoms with E-state index in [0.29, 0.717) is 22.7 Å². The maximum Gasteiger partial charge on any atom is 0.270 e. The van der Waals surface area contributed by atoms with E-state index in [-0.39, 0.29) is 11.9 Å². The summed E-state index contributed by atoms with van der Waals surface area (Å²) in [4.78, 5) is 16.6. The number of anilines is 1. The van der Waals surface area contributed by atoms with Crippen LogP contribution < -0.4 is 11.1 Å². The van der Waals surface area contributed by atoms with E-state index in [1.807, 2.05) is 37.3 Å². The molecule has 5 nitrogen and oxygen atoms in total. The topological polar surface area (TPSA) is 81.2 Å². The minimum atomic E-state index is -0.281. The van der Waals surface area contributed by atoms with Gasteiger partial charge in [-0.1, -0.05) is 18.2 Å². The van der Waals surface area contributed by atoms with E-state index >= 15 is 0 Å². The number of nitrogens with two attached hydrogens (primary N) is 1. The van der Waals surface area contributed by atoms with Gasteiger partial charge in [-0.15, -0.1) is 0 Å². The van der Waals surface area contributed by atoms with Crippen LogP contribution in [0.2, 0.25) is 0 Å². The Morgan fingerprint density at radius 1 is 1.29 bits per heavy atom. The monoisotopic (exact) mass is 281 g/mol. The number of benzene rings is 1. The molecule has 0 unspecified atom stereocenters. The molecule has 5 heteroatoms. The lowest BCUT2D eigenvalue weighted by Crippen LogP contribution is -2.27. The van der Waals surface area contributed by atoms with Gasteiger partial charge in [0, 0.05) is 11.1 Å². The second-order valence-corrected chi connectivity index (χ2v) is 4.82. The van der Waals surface area contributed by atoms with E-state index in [9.17, 15) is 4.79 Å². The highest BCUT2D eigenvalue weighted by atomic mass is 16.3. The van der Waals surface area contributed by atoms with E-state index < -0.39 is 0 Å². The van der Waals surface area contributed by atoms with Gasteiger partial charge in [0.15, 0.2) is 0 Å². The molecule has 0 fully saturated rings. The summed E-state index contributed by atoms with van der Waals surface area (Å²) in [5.41, 5.74) is 7.52. The van der Waals surface area contributed by atoms with Crippen LogP contribution >= 0.6 is 0 Å². The Hall–Kier alpha value is -2.82. The molecule has 0 spiro atoms. The third-order valence-electron chi connectivity index (χ3n) is 3.30. The first-order valence-electron chi connectivity index (χ1n) is 6.64. The van der Waals surface area contributed by atoms with Crippen molar-refractivity contribution in [3.8, 4) is 0 Å². The number of carbonyl (C=O) groups is 1. The van der Waals surface area contributed by atoms with Gasteiger partial charge in [0.2, 0.25) is 0 Å². The number of para-hydroxylation sites is 1. The fourth-order valence-electron chi connectivity index (χ4n) is 2.20. The van der Waals surface area contributed by atoms with Crippen LogP contribution in [0.15, 0.2) is 53.1 Å². The van der Waals surface area contributed by atoms with Crippen molar-refractivity contribution in [2.45, 2.75) is 13.0 Å². The fourth-order valence-corrected chi connectivity index (χ4v) is 2.20. The summed E-state index contributed by atoms with van der Waals surface area (Å²) >= 11 is 0. The summed E-state index contributed by atoms with van der Waals surface area (Å²) in [6.07, 6.45) is 1.57. The van der Waals surface area contributed by atoms with Crippen LogP contribution in [0.3, 0.4) is 0 Å². The second-order valence-electron chi connectivity index (χ2n) is 4.82. The van der Waals surface area contributed by atoms with Crippen molar-refractivity contribution in [1.29, 1.82) is 0 Å². The van der Waals surface area contributed by atoms with Gasteiger partial charge in [0.05, 0.1) is 17.8 Å². The average molecular weight is 281 g/mol. The number of nitrogen functional groups attached to an aromatic ring is 1. The molecular weight excluding hydrogens is 266 g/mol. The van der Waals surface area contributed by atoms with Gasteiger partial charge in [-0.3, -0.25) is 4.79 Å². The van der Waals surface area contributed by atoms with Crippen LogP contribution in [0.25, 0.3) is 10.9 Å². The SMILES string of the molecule is C[C@H](NC(=O)c1cc(N)c2ccccc2n1)c1ccco1. The minimum Gasteiger partial charge on any atom is -0.467 e. The molecular formula is C16H15N3O2. The number of furan rings is 1. The van der Waals surface area contributed by atoms with Crippen LogP contribution in [-0.2, 0) is 0 Å². The summed E-state index contributed by atoms with van der Waals surface area (Å²) < 4.78 is 5.27. The van der Waals surface area contributed by atoms with Crippen molar-refractivity contribution < 1.29 is 9.21 Å². The molecule has 0 saturated carbocycles. The van der Waals surface area contributed by atoms with Gasteiger partial charge in [-0.05, 0) is 31.2 Å². The quantitative estimate of drug-likeness (QED) is 0.773. The average Bonchev–Trinajstić information content (AvgIpc) is 3.01. The largest absolute Gasteiger partial charge is 0.467 e. The van der Waals surface area contributed by atoms with Crippen LogP contribution in [0.1, 0.15) is 29.2 Å². The van der Waals surface area contributed by atoms with Gasteiger partial charge in [0.1, 0.15) is 11.5 Å². The van der Waals surface area contributed by atoms with E-state index in [1.54, 1.807) is 18.4 Å². The van der Waals surface area contributed by atoms with Gasteiger partial charge < -0.3 is 15.5 Å². The Bertz CT molecular complexity index is 781. The number of carbonyl (C=O) groups excluding carboxylic acids is 1. The molecule has 1 atom stereocenters. The maximum atomic E-state index is 12.3. The number of fused-ring (bicyclic) bond motifs is 1. The lowest BCUT2D eigenvalue weighted by atomic mass is 10.1. The van der Waals surface area contributed by atoms with Gasteiger partial charge in [0.25, 0.3) is 5.91 Å². The number of nitrogens with one attached hydrogen (secondary N) is 1. The van der Waals surface area contributed by atoms with Crippen molar-refractivity contribution in [3.05, 3.63) is 60.2 Å². The first-order valence-corrected chi connectivity index (χ1v) is 6.64.